The second-order valence-electron chi connectivity index (χ2n) is 8.18. The lowest BCUT2D eigenvalue weighted by atomic mass is 9.86. The van der Waals surface area contributed by atoms with Gasteiger partial charge in [-0.3, -0.25) is 4.79 Å². The number of carbonyl (C=O) groups is 1. The summed E-state index contributed by atoms with van der Waals surface area (Å²) in [6.45, 7) is 11.0. The smallest absolute Gasteiger partial charge is 0.223 e. The van der Waals surface area contributed by atoms with Crippen LogP contribution in [-0.4, -0.2) is 37.5 Å². The number of amides is 1. The number of rotatable bonds is 5. The molecule has 1 heterocycles. The molecule has 0 bridgehead atoms. The Hall–Kier alpha value is -1.40. The zero-order chi connectivity index (χ0) is 19.5. The van der Waals surface area contributed by atoms with Crippen molar-refractivity contribution in [3.05, 3.63) is 35.4 Å². The van der Waals surface area contributed by atoms with E-state index in [2.05, 4.69) is 50.4 Å². The molecule has 0 radical (unpaired) electrons. The first kappa shape index (κ1) is 20.9. The zero-order valence-electron chi connectivity index (χ0n) is 16.6. The molecule has 1 amide bonds. The van der Waals surface area contributed by atoms with Crippen LogP contribution in [0.1, 0.15) is 64.6 Å². The maximum atomic E-state index is 12.6. The first-order valence-corrected chi connectivity index (χ1v) is 11.0. The van der Waals surface area contributed by atoms with Gasteiger partial charge in [-0.1, -0.05) is 45.0 Å². The molecule has 0 aliphatic carbocycles. The Balaban J connectivity index is 1.92. The van der Waals surface area contributed by atoms with E-state index in [9.17, 15) is 13.2 Å². The number of benzene rings is 1. The van der Waals surface area contributed by atoms with Gasteiger partial charge in [0.1, 0.15) is 0 Å². The molecule has 1 atom stereocenters. The zero-order valence-corrected chi connectivity index (χ0v) is 17.4. The maximum Gasteiger partial charge on any atom is 0.223 e. The van der Waals surface area contributed by atoms with Crippen LogP contribution in [0.5, 0.6) is 0 Å². The van der Waals surface area contributed by atoms with Crippen molar-refractivity contribution in [1.82, 2.24) is 9.62 Å². The van der Waals surface area contributed by atoms with Gasteiger partial charge in [0.15, 0.2) is 0 Å². The number of sulfonamides is 1. The highest BCUT2D eigenvalue weighted by molar-refractivity contribution is 7.89. The van der Waals surface area contributed by atoms with Crippen LogP contribution in [0.4, 0.5) is 0 Å². The van der Waals surface area contributed by atoms with Crippen molar-refractivity contribution >= 4 is 15.9 Å². The van der Waals surface area contributed by atoms with E-state index in [1.807, 2.05) is 6.92 Å². The fourth-order valence-corrected chi connectivity index (χ4v) is 4.40. The van der Waals surface area contributed by atoms with Crippen molar-refractivity contribution in [2.24, 2.45) is 5.92 Å². The Labute approximate surface area is 158 Å². The Kier molecular flexibility index (Phi) is 6.51. The topological polar surface area (TPSA) is 66.5 Å². The fraction of sp³-hybridized carbons (Fsp3) is 0.650. The summed E-state index contributed by atoms with van der Waals surface area (Å²) < 4.78 is 25.3. The molecule has 6 heteroatoms. The number of carbonyl (C=O) groups excluding carboxylic acids is 1. The Bertz CT molecular complexity index is 712. The fourth-order valence-electron chi connectivity index (χ4n) is 3.27. The van der Waals surface area contributed by atoms with Crippen LogP contribution in [0.2, 0.25) is 0 Å². The van der Waals surface area contributed by atoms with Crippen LogP contribution in [0.15, 0.2) is 24.3 Å². The number of hydrogen-bond acceptors (Lipinski definition) is 3. The van der Waals surface area contributed by atoms with E-state index in [0.717, 1.165) is 5.56 Å². The first-order chi connectivity index (χ1) is 12.0. The van der Waals surface area contributed by atoms with Crippen LogP contribution in [0.3, 0.4) is 0 Å². The summed E-state index contributed by atoms with van der Waals surface area (Å²) in [6, 6.07) is 8.32. The molecule has 1 aliphatic heterocycles. The van der Waals surface area contributed by atoms with Gasteiger partial charge in [0.05, 0.1) is 11.8 Å². The number of nitrogens with one attached hydrogen (secondary N) is 1. The van der Waals surface area contributed by atoms with E-state index in [-0.39, 0.29) is 29.0 Å². The highest BCUT2D eigenvalue weighted by Crippen LogP contribution is 2.25. The van der Waals surface area contributed by atoms with Crippen LogP contribution in [0.25, 0.3) is 0 Å². The second-order valence-corrected chi connectivity index (χ2v) is 10.4. The summed E-state index contributed by atoms with van der Waals surface area (Å²) >= 11 is 0. The van der Waals surface area contributed by atoms with Crippen LogP contribution >= 0.6 is 0 Å². The van der Waals surface area contributed by atoms with E-state index >= 15 is 0 Å². The van der Waals surface area contributed by atoms with Gasteiger partial charge in [-0.2, -0.15) is 0 Å². The average Bonchev–Trinajstić information content (AvgIpc) is 2.61. The molecule has 0 spiro atoms. The van der Waals surface area contributed by atoms with E-state index in [1.165, 1.54) is 9.87 Å². The number of piperidine rings is 1. The quantitative estimate of drug-likeness (QED) is 0.853. The van der Waals surface area contributed by atoms with Crippen molar-refractivity contribution in [2.75, 3.05) is 18.8 Å². The number of nitrogens with zero attached hydrogens (tertiary/aromatic N) is 1. The highest BCUT2D eigenvalue weighted by atomic mass is 32.2. The lowest BCUT2D eigenvalue weighted by Gasteiger charge is -2.31. The molecule has 1 saturated heterocycles. The largest absolute Gasteiger partial charge is 0.349 e. The molecule has 146 valence electrons. The van der Waals surface area contributed by atoms with Crippen LogP contribution in [-0.2, 0) is 20.2 Å². The van der Waals surface area contributed by atoms with E-state index < -0.39 is 10.0 Å². The summed E-state index contributed by atoms with van der Waals surface area (Å²) in [6.07, 6.45) is 1.17. The van der Waals surface area contributed by atoms with Gasteiger partial charge in [-0.05, 0) is 43.2 Å². The van der Waals surface area contributed by atoms with Crippen molar-refractivity contribution in [1.29, 1.82) is 0 Å². The predicted molar refractivity (Wildman–Crippen MR) is 105 cm³/mol. The molecule has 1 N–H and O–H groups in total. The van der Waals surface area contributed by atoms with Gasteiger partial charge in [0.25, 0.3) is 0 Å². The molecular weight excluding hydrogens is 348 g/mol. The van der Waals surface area contributed by atoms with Crippen molar-refractivity contribution in [3.63, 3.8) is 0 Å². The summed E-state index contributed by atoms with van der Waals surface area (Å²) in [5.74, 6) is 0.0198. The molecule has 1 aromatic rings. The summed E-state index contributed by atoms with van der Waals surface area (Å²) in [5, 5.41) is 3.08. The Morgan fingerprint density at radius 1 is 1.19 bits per heavy atom. The third kappa shape index (κ3) is 5.07. The van der Waals surface area contributed by atoms with Gasteiger partial charge in [-0.15, -0.1) is 0 Å². The molecule has 26 heavy (non-hydrogen) atoms. The number of hydrogen-bond donors (Lipinski definition) is 1. The van der Waals surface area contributed by atoms with Gasteiger partial charge in [0, 0.05) is 19.0 Å². The van der Waals surface area contributed by atoms with Crippen molar-refractivity contribution in [3.8, 4) is 0 Å². The van der Waals surface area contributed by atoms with Crippen molar-refractivity contribution in [2.45, 2.75) is 58.9 Å². The van der Waals surface area contributed by atoms with Gasteiger partial charge in [-0.25, -0.2) is 12.7 Å². The van der Waals surface area contributed by atoms with E-state index in [4.69, 9.17) is 0 Å². The molecule has 1 aliphatic rings. The Morgan fingerprint density at radius 2 is 1.73 bits per heavy atom. The van der Waals surface area contributed by atoms with Crippen LogP contribution < -0.4 is 5.32 Å². The SMILES string of the molecule is CCS(=O)(=O)N1CCC(C(=O)NC(C)c2ccc(C(C)(C)C)cc2)CC1. The Morgan fingerprint density at radius 3 is 2.19 bits per heavy atom. The second kappa shape index (κ2) is 8.09. The van der Waals surface area contributed by atoms with Crippen molar-refractivity contribution < 1.29 is 13.2 Å². The standard InChI is InChI=1S/C20H32N2O3S/c1-6-26(24,25)22-13-11-17(12-14-22)19(23)21-15(2)16-7-9-18(10-8-16)20(3,4)5/h7-10,15,17H,6,11-14H2,1-5H3,(H,21,23). The van der Waals surface area contributed by atoms with E-state index in [1.54, 1.807) is 6.92 Å². The third-order valence-corrected chi connectivity index (χ3v) is 7.10. The third-order valence-electron chi connectivity index (χ3n) is 5.22. The molecule has 1 unspecified atom stereocenters. The first-order valence-electron chi connectivity index (χ1n) is 9.43. The van der Waals surface area contributed by atoms with Crippen LogP contribution in [0, 0.1) is 5.92 Å². The normalized spacial score (nSPS) is 18.5. The molecule has 1 fully saturated rings. The molecule has 1 aromatic carbocycles. The summed E-state index contributed by atoms with van der Waals surface area (Å²) in [4.78, 5) is 12.6. The molecule has 5 nitrogen and oxygen atoms in total. The molecule has 2 rings (SSSR count). The minimum atomic E-state index is -3.15. The van der Waals surface area contributed by atoms with Gasteiger partial charge in [0.2, 0.25) is 15.9 Å². The minimum absolute atomic E-state index is 0.0194. The molecular formula is C20H32N2O3S. The molecule has 0 saturated carbocycles. The monoisotopic (exact) mass is 380 g/mol. The summed E-state index contributed by atoms with van der Waals surface area (Å²) in [5.41, 5.74) is 2.46. The van der Waals surface area contributed by atoms with Gasteiger partial charge >= 0.3 is 0 Å². The summed E-state index contributed by atoms with van der Waals surface area (Å²) in [7, 11) is -3.15. The van der Waals surface area contributed by atoms with E-state index in [0.29, 0.717) is 25.9 Å². The molecule has 0 aromatic heterocycles. The predicted octanol–water partition coefficient (Wildman–Crippen LogP) is 3.22. The minimum Gasteiger partial charge on any atom is -0.349 e. The lowest BCUT2D eigenvalue weighted by Crippen LogP contribution is -2.43. The maximum absolute atomic E-state index is 12.6. The average molecular weight is 381 g/mol. The van der Waals surface area contributed by atoms with Gasteiger partial charge < -0.3 is 5.32 Å². The highest BCUT2D eigenvalue weighted by Gasteiger charge is 2.30. The lowest BCUT2D eigenvalue weighted by molar-refractivity contribution is -0.126.